The van der Waals surface area contributed by atoms with Crippen molar-refractivity contribution in [2.45, 2.75) is 52.1 Å². The third-order valence-corrected chi connectivity index (χ3v) is 6.36. The minimum atomic E-state index is -1.07. The van der Waals surface area contributed by atoms with Crippen LogP contribution in [0.5, 0.6) is 5.75 Å². The van der Waals surface area contributed by atoms with Crippen LogP contribution in [0.4, 0.5) is 14.9 Å². The quantitative estimate of drug-likeness (QED) is 0.728. The number of pyridine rings is 1. The summed E-state index contributed by atoms with van der Waals surface area (Å²) in [4.78, 5) is 25.7. The summed E-state index contributed by atoms with van der Waals surface area (Å²) >= 11 is 0. The molecule has 1 aromatic heterocycles. The molecule has 2 heterocycles. The van der Waals surface area contributed by atoms with Crippen molar-refractivity contribution < 1.29 is 19.4 Å². The van der Waals surface area contributed by atoms with Crippen LogP contribution in [0.15, 0.2) is 10.9 Å². The first kappa shape index (κ1) is 19.5. The van der Waals surface area contributed by atoms with E-state index in [9.17, 15) is 14.7 Å². The highest BCUT2D eigenvalue weighted by atomic mass is 19.1. The number of nitrogens with one attached hydrogen (secondary N) is 1. The van der Waals surface area contributed by atoms with Crippen LogP contribution in [0.25, 0.3) is 10.9 Å². The standard InChI is InChI=1S/C21H26FN3O4/c1-10-17-15(19(26)11(2)20(27)25(17)14-4-5-14)8-16(22)18(10)24-7-6-13(9-24)12(3)23-21(28)29/h8,12-14,23,26H,4-7,9H2,1-3H3,(H,28,29)/t12-,13+/m0/s1. The first-order valence-corrected chi connectivity index (χ1v) is 10.0. The number of carboxylic acid groups (broad SMARTS) is 1. The van der Waals surface area contributed by atoms with Crippen LogP contribution in [0.3, 0.4) is 0 Å². The third kappa shape index (κ3) is 3.20. The summed E-state index contributed by atoms with van der Waals surface area (Å²) in [5.74, 6) is -0.531. The molecule has 7 nitrogen and oxygen atoms in total. The first-order chi connectivity index (χ1) is 13.7. The second kappa shape index (κ2) is 6.93. The molecular formula is C21H26FN3O4. The smallest absolute Gasteiger partial charge is 0.404 e. The van der Waals surface area contributed by atoms with E-state index in [1.807, 2.05) is 11.8 Å². The van der Waals surface area contributed by atoms with Gasteiger partial charge in [0.25, 0.3) is 5.56 Å². The Kier molecular flexibility index (Phi) is 4.67. The van der Waals surface area contributed by atoms with E-state index in [0.29, 0.717) is 35.2 Å². The van der Waals surface area contributed by atoms with Gasteiger partial charge in [0.2, 0.25) is 0 Å². The number of benzene rings is 1. The molecule has 8 heteroatoms. The van der Waals surface area contributed by atoms with Crippen molar-refractivity contribution in [2.75, 3.05) is 18.0 Å². The van der Waals surface area contributed by atoms with Crippen LogP contribution in [-0.2, 0) is 0 Å². The number of carbonyl (C=O) groups is 1. The van der Waals surface area contributed by atoms with Gasteiger partial charge in [-0.15, -0.1) is 0 Å². The molecule has 2 fully saturated rings. The number of rotatable bonds is 4. The van der Waals surface area contributed by atoms with Crippen LogP contribution >= 0.6 is 0 Å². The van der Waals surface area contributed by atoms with E-state index in [1.54, 1.807) is 18.4 Å². The minimum absolute atomic E-state index is 0.0673. The summed E-state index contributed by atoms with van der Waals surface area (Å²) in [5, 5.41) is 22.3. The van der Waals surface area contributed by atoms with Gasteiger partial charge in [-0.25, -0.2) is 9.18 Å². The van der Waals surface area contributed by atoms with Gasteiger partial charge in [-0.1, -0.05) is 0 Å². The average Bonchev–Trinajstić information content (AvgIpc) is 3.37. The number of fused-ring (bicyclic) bond motifs is 1. The molecule has 0 bridgehead atoms. The van der Waals surface area contributed by atoms with E-state index in [0.717, 1.165) is 19.3 Å². The van der Waals surface area contributed by atoms with Gasteiger partial charge in [0.1, 0.15) is 11.6 Å². The number of amides is 1. The van der Waals surface area contributed by atoms with Crippen molar-refractivity contribution in [3.8, 4) is 5.75 Å². The lowest BCUT2D eigenvalue weighted by Gasteiger charge is -2.26. The van der Waals surface area contributed by atoms with Crippen LogP contribution in [0.1, 0.15) is 43.4 Å². The normalized spacial score (nSPS) is 20.3. The molecular weight excluding hydrogens is 377 g/mol. The highest BCUT2D eigenvalue weighted by Gasteiger charge is 2.33. The number of aromatic nitrogens is 1. The molecule has 2 aromatic rings. The zero-order valence-electron chi connectivity index (χ0n) is 16.8. The topological polar surface area (TPSA) is 94.8 Å². The molecule has 1 saturated heterocycles. The lowest BCUT2D eigenvalue weighted by molar-refractivity contribution is 0.186. The SMILES string of the molecule is Cc1c(O)c2cc(F)c(N3CC[C@@H]([C@H](C)NC(=O)O)C3)c(C)c2n(C2CC2)c1=O. The highest BCUT2D eigenvalue weighted by molar-refractivity contribution is 5.93. The lowest BCUT2D eigenvalue weighted by Crippen LogP contribution is -2.38. The Morgan fingerprint density at radius 1 is 1.28 bits per heavy atom. The first-order valence-electron chi connectivity index (χ1n) is 10.0. The molecule has 1 aliphatic carbocycles. The Labute approximate surface area is 167 Å². The van der Waals surface area contributed by atoms with Crippen molar-refractivity contribution in [3.63, 3.8) is 0 Å². The number of hydrogen-bond donors (Lipinski definition) is 3. The van der Waals surface area contributed by atoms with Crippen molar-refractivity contribution in [2.24, 2.45) is 5.92 Å². The summed E-state index contributed by atoms with van der Waals surface area (Å²) in [6.07, 6.45) is 1.47. The van der Waals surface area contributed by atoms with Crippen LogP contribution < -0.4 is 15.8 Å². The fourth-order valence-electron chi connectivity index (χ4n) is 4.61. The molecule has 0 spiro atoms. The van der Waals surface area contributed by atoms with Crippen LogP contribution in [0, 0.1) is 25.6 Å². The Hall–Kier alpha value is -2.77. The Bertz CT molecular complexity index is 1060. The second-order valence-corrected chi connectivity index (χ2v) is 8.34. The molecule has 2 atom stereocenters. The van der Waals surface area contributed by atoms with Crippen molar-refractivity contribution >= 4 is 22.7 Å². The third-order valence-electron chi connectivity index (χ3n) is 6.36. The van der Waals surface area contributed by atoms with Crippen molar-refractivity contribution in [3.05, 3.63) is 33.4 Å². The Morgan fingerprint density at radius 2 is 1.97 bits per heavy atom. The fraction of sp³-hybridized carbons (Fsp3) is 0.524. The van der Waals surface area contributed by atoms with Gasteiger partial charge in [0.05, 0.1) is 16.8 Å². The molecule has 3 N–H and O–H groups in total. The van der Waals surface area contributed by atoms with Crippen molar-refractivity contribution in [1.29, 1.82) is 0 Å². The Balaban J connectivity index is 1.81. The molecule has 1 aliphatic heterocycles. The molecule has 156 valence electrons. The maximum Gasteiger partial charge on any atom is 0.404 e. The maximum atomic E-state index is 15.2. The molecule has 4 rings (SSSR count). The summed E-state index contributed by atoms with van der Waals surface area (Å²) < 4.78 is 16.9. The molecule has 1 saturated carbocycles. The molecule has 1 aromatic carbocycles. The summed E-state index contributed by atoms with van der Waals surface area (Å²) in [6.45, 7) is 6.30. The molecule has 29 heavy (non-hydrogen) atoms. The lowest BCUT2D eigenvalue weighted by atomic mass is 10.0. The summed E-state index contributed by atoms with van der Waals surface area (Å²) in [7, 11) is 0. The zero-order chi connectivity index (χ0) is 21.0. The van der Waals surface area contributed by atoms with E-state index in [2.05, 4.69) is 5.32 Å². The number of halogens is 1. The minimum Gasteiger partial charge on any atom is -0.507 e. The van der Waals surface area contributed by atoms with Gasteiger partial charge in [-0.05, 0) is 57.6 Å². The van der Waals surface area contributed by atoms with E-state index in [1.165, 1.54) is 6.07 Å². The van der Waals surface area contributed by atoms with E-state index < -0.39 is 11.9 Å². The average molecular weight is 403 g/mol. The number of nitrogens with zero attached hydrogens (tertiary/aromatic N) is 2. The van der Waals surface area contributed by atoms with E-state index >= 15 is 4.39 Å². The number of aryl methyl sites for hydroxylation is 1. The predicted octanol–water partition coefficient (Wildman–Crippen LogP) is 3.28. The highest BCUT2D eigenvalue weighted by Crippen LogP contribution is 2.42. The fourth-order valence-corrected chi connectivity index (χ4v) is 4.61. The second-order valence-electron chi connectivity index (χ2n) is 8.34. The molecule has 1 amide bonds. The Morgan fingerprint density at radius 3 is 2.59 bits per heavy atom. The monoisotopic (exact) mass is 403 g/mol. The molecule has 2 aliphatic rings. The van der Waals surface area contributed by atoms with Crippen LogP contribution in [0.2, 0.25) is 0 Å². The maximum absolute atomic E-state index is 15.2. The summed E-state index contributed by atoms with van der Waals surface area (Å²) in [5.41, 5.74) is 1.68. The van der Waals surface area contributed by atoms with Gasteiger partial charge >= 0.3 is 6.09 Å². The van der Waals surface area contributed by atoms with Gasteiger partial charge in [-0.2, -0.15) is 0 Å². The van der Waals surface area contributed by atoms with Gasteiger partial charge < -0.3 is 25.0 Å². The zero-order valence-corrected chi connectivity index (χ0v) is 16.8. The molecule has 0 radical (unpaired) electrons. The van der Waals surface area contributed by atoms with Crippen molar-refractivity contribution in [1.82, 2.24) is 9.88 Å². The largest absolute Gasteiger partial charge is 0.507 e. The molecule has 0 unspecified atom stereocenters. The van der Waals surface area contributed by atoms with Gasteiger partial charge in [0.15, 0.2) is 0 Å². The van der Waals surface area contributed by atoms with E-state index in [-0.39, 0.29) is 34.9 Å². The number of hydrogen-bond acceptors (Lipinski definition) is 4. The number of anilines is 1. The number of aromatic hydroxyl groups is 1. The van der Waals surface area contributed by atoms with E-state index in [4.69, 9.17) is 5.11 Å². The summed E-state index contributed by atoms with van der Waals surface area (Å²) in [6, 6.07) is 1.18. The van der Waals surface area contributed by atoms with Gasteiger partial charge in [0, 0.05) is 30.6 Å². The van der Waals surface area contributed by atoms with Crippen LogP contribution in [-0.4, -0.2) is 40.0 Å². The predicted molar refractivity (Wildman–Crippen MR) is 109 cm³/mol. The van der Waals surface area contributed by atoms with Gasteiger partial charge in [-0.3, -0.25) is 4.79 Å².